The Hall–Kier alpha value is -3.81. The van der Waals surface area contributed by atoms with Gasteiger partial charge in [0, 0.05) is 17.3 Å². The standard InChI is InChI=1S/C22H23N3O5/c1-14(22(27)23-16-7-11-18(29-3)12-8-16)25-20(26)13-19(30-4)21(24-25)15-5-9-17(28-2)10-6-15/h5-14H,1-4H3,(H,23,27). The van der Waals surface area contributed by atoms with Crippen molar-refractivity contribution in [1.29, 1.82) is 0 Å². The molecule has 30 heavy (non-hydrogen) atoms. The summed E-state index contributed by atoms with van der Waals surface area (Å²) in [5, 5.41) is 7.20. The fourth-order valence-electron chi connectivity index (χ4n) is 2.87. The molecule has 0 aliphatic rings. The number of nitrogens with zero attached hydrogens (tertiary/aromatic N) is 2. The molecule has 8 heteroatoms. The van der Waals surface area contributed by atoms with Gasteiger partial charge in [0.25, 0.3) is 5.56 Å². The molecule has 156 valence electrons. The third-order valence-electron chi connectivity index (χ3n) is 4.61. The largest absolute Gasteiger partial charge is 0.497 e. The lowest BCUT2D eigenvalue weighted by Crippen LogP contribution is -2.33. The van der Waals surface area contributed by atoms with E-state index < -0.39 is 11.6 Å². The van der Waals surface area contributed by atoms with Gasteiger partial charge in [0.05, 0.1) is 21.3 Å². The van der Waals surface area contributed by atoms with E-state index in [0.717, 1.165) is 10.2 Å². The maximum Gasteiger partial charge on any atom is 0.271 e. The average molecular weight is 409 g/mol. The van der Waals surface area contributed by atoms with Crippen molar-refractivity contribution in [3.8, 4) is 28.5 Å². The van der Waals surface area contributed by atoms with Crippen LogP contribution in [-0.2, 0) is 4.79 Å². The Labute approximate surface area is 174 Å². The zero-order valence-electron chi connectivity index (χ0n) is 17.2. The number of ether oxygens (including phenoxy) is 3. The summed E-state index contributed by atoms with van der Waals surface area (Å²) in [4.78, 5) is 25.3. The minimum Gasteiger partial charge on any atom is -0.497 e. The van der Waals surface area contributed by atoms with E-state index in [-0.39, 0.29) is 5.91 Å². The first-order valence-corrected chi connectivity index (χ1v) is 9.24. The van der Waals surface area contributed by atoms with E-state index in [1.165, 1.54) is 13.2 Å². The van der Waals surface area contributed by atoms with Crippen molar-refractivity contribution in [2.45, 2.75) is 13.0 Å². The van der Waals surface area contributed by atoms with Crippen molar-refractivity contribution >= 4 is 11.6 Å². The number of hydrogen-bond donors (Lipinski definition) is 1. The van der Waals surface area contributed by atoms with Gasteiger partial charge in [-0.25, -0.2) is 4.68 Å². The molecule has 0 bridgehead atoms. The van der Waals surface area contributed by atoms with Crippen molar-refractivity contribution in [1.82, 2.24) is 9.78 Å². The summed E-state index contributed by atoms with van der Waals surface area (Å²) in [5.74, 6) is 1.32. The van der Waals surface area contributed by atoms with Gasteiger partial charge in [0.1, 0.15) is 23.2 Å². The highest BCUT2D eigenvalue weighted by Crippen LogP contribution is 2.28. The van der Waals surface area contributed by atoms with Crippen LogP contribution in [-0.4, -0.2) is 37.0 Å². The number of aromatic nitrogens is 2. The van der Waals surface area contributed by atoms with Crippen molar-refractivity contribution in [3.63, 3.8) is 0 Å². The minimum absolute atomic E-state index is 0.323. The third-order valence-corrected chi connectivity index (χ3v) is 4.61. The molecule has 1 N–H and O–H groups in total. The molecule has 1 amide bonds. The molecule has 1 heterocycles. The second-order valence-corrected chi connectivity index (χ2v) is 6.47. The minimum atomic E-state index is -0.845. The van der Waals surface area contributed by atoms with E-state index in [4.69, 9.17) is 14.2 Å². The van der Waals surface area contributed by atoms with E-state index in [0.29, 0.717) is 28.6 Å². The molecule has 1 unspecified atom stereocenters. The molecule has 1 aromatic heterocycles. The number of hydrogen-bond acceptors (Lipinski definition) is 6. The number of carbonyl (C=O) groups excluding carboxylic acids is 1. The van der Waals surface area contributed by atoms with Crippen molar-refractivity contribution in [3.05, 3.63) is 65.0 Å². The number of amides is 1. The molecule has 0 radical (unpaired) electrons. The van der Waals surface area contributed by atoms with Crippen LogP contribution in [0, 0.1) is 0 Å². The molecular weight excluding hydrogens is 386 g/mol. The summed E-state index contributed by atoms with van der Waals surface area (Å²) in [5.41, 5.74) is 1.32. The van der Waals surface area contributed by atoms with Crippen LogP contribution in [0.3, 0.4) is 0 Å². The average Bonchev–Trinajstić information content (AvgIpc) is 2.79. The Kier molecular flexibility index (Phi) is 6.36. The second kappa shape index (κ2) is 9.13. The summed E-state index contributed by atoms with van der Waals surface area (Å²) in [6.07, 6.45) is 0. The Morgan fingerprint density at radius 3 is 2.03 bits per heavy atom. The third kappa shape index (κ3) is 4.43. The van der Waals surface area contributed by atoms with Gasteiger partial charge in [0.15, 0.2) is 5.75 Å². The van der Waals surface area contributed by atoms with Crippen LogP contribution in [0.2, 0.25) is 0 Å². The van der Waals surface area contributed by atoms with Crippen LogP contribution in [0.1, 0.15) is 13.0 Å². The van der Waals surface area contributed by atoms with Gasteiger partial charge >= 0.3 is 0 Å². The van der Waals surface area contributed by atoms with E-state index in [1.807, 2.05) is 0 Å². The zero-order chi connectivity index (χ0) is 21.7. The Bertz CT molecular complexity index is 1080. The SMILES string of the molecule is COc1ccc(NC(=O)C(C)n2nc(-c3ccc(OC)cc3)c(OC)cc2=O)cc1. The van der Waals surface area contributed by atoms with E-state index >= 15 is 0 Å². The highest BCUT2D eigenvalue weighted by molar-refractivity contribution is 5.93. The molecule has 0 fully saturated rings. The van der Waals surface area contributed by atoms with Gasteiger partial charge in [-0.05, 0) is 55.5 Å². The van der Waals surface area contributed by atoms with Crippen LogP contribution in [0.5, 0.6) is 17.2 Å². The number of benzene rings is 2. The fraction of sp³-hybridized carbons (Fsp3) is 0.227. The number of methoxy groups -OCH3 is 3. The lowest BCUT2D eigenvalue weighted by atomic mass is 10.1. The van der Waals surface area contributed by atoms with Gasteiger partial charge in [-0.2, -0.15) is 5.10 Å². The van der Waals surface area contributed by atoms with E-state index in [9.17, 15) is 9.59 Å². The predicted octanol–water partition coefficient (Wildman–Crippen LogP) is 3.14. The first-order chi connectivity index (χ1) is 14.5. The molecule has 0 saturated carbocycles. The summed E-state index contributed by atoms with van der Waals surface area (Å²) in [6.45, 7) is 1.61. The smallest absolute Gasteiger partial charge is 0.271 e. The monoisotopic (exact) mass is 409 g/mol. The summed E-state index contributed by atoms with van der Waals surface area (Å²) in [7, 11) is 4.61. The molecular formula is C22H23N3O5. The van der Waals surface area contributed by atoms with Gasteiger partial charge in [-0.15, -0.1) is 0 Å². The molecule has 8 nitrogen and oxygen atoms in total. The van der Waals surface area contributed by atoms with Crippen molar-refractivity contribution in [2.75, 3.05) is 26.6 Å². The molecule has 0 saturated heterocycles. The van der Waals surface area contributed by atoms with Crippen LogP contribution >= 0.6 is 0 Å². The van der Waals surface area contributed by atoms with Gasteiger partial charge in [-0.3, -0.25) is 9.59 Å². The number of anilines is 1. The molecule has 2 aromatic carbocycles. The highest BCUT2D eigenvalue weighted by Gasteiger charge is 2.21. The van der Waals surface area contributed by atoms with E-state index in [1.54, 1.807) is 69.7 Å². The van der Waals surface area contributed by atoms with Gasteiger partial charge in [-0.1, -0.05) is 0 Å². The molecule has 3 aromatic rings. The van der Waals surface area contributed by atoms with E-state index in [2.05, 4.69) is 10.4 Å². The molecule has 3 rings (SSSR count). The first-order valence-electron chi connectivity index (χ1n) is 9.24. The molecule has 0 aliphatic heterocycles. The lowest BCUT2D eigenvalue weighted by Gasteiger charge is -2.17. The molecule has 1 atom stereocenters. The normalized spacial score (nSPS) is 11.5. The first kappa shape index (κ1) is 20.9. The van der Waals surface area contributed by atoms with Gasteiger partial charge in [0.2, 0.25) is 5.91 Å². The van der Waals surface area contributed by atoms with Crippen LogP contribution in [0.4, 0.5) is 5.69 Å². The van der Waals surface area contributed by atoms with Crippen LogP contribution < -0.4 is 25.1 Å². The fourth-order valence-corrected chi connectivity index (χ4v) is 2.87. The maximum absolute atomic E-state index is 12.7. The Morgan fingerprint density at radius 2 is 1.50 bits per heavy atom. The Balaban J connectivity index is 1.91. The second-order valence-electron chi connectivity index (χ2n) is 6.47. The number of carbonyl (C=O) groups is 1. The topological polar surface area (TPSA) is 91.7 Å². The lowest BCUT2D eigenvalue weighted by molar-refractivity contribution is -0.119. The zero-order valence-corrected chi connectivity index (χ0v) is 17.2. The van der Waals surface area contributed by atoms with Crippen LogP contribution in [0.25, 0.3) is 11.3 Å². The highest BCUT2D eigenvalue weighted by atomic mass is 16.5. The molecule has 0 aliphatic carbocycles. The van der Waals surface area contributed by atoms with Crippen molar-refractivity contribution < 1.29 is 19.0 Å². The number of nitrogens with one attached hydrogen (secondary N) is 1. The molecule has 0 spiro atoms. The quantitative estimate of drug-likeness (QED) is 0.645. The predicted molar refractivity (Wildman–Crippen MR) is 113 cm³/mol. The summed E-state index contributed by atoms with van der Waals surface area (Å²) < 4.78 is 16.8. The van der Waals surface area contributed by atoms with Gasteiger partial charge < -0.3 is 19.5 Å². The summed E-state index contributed by atoms with van der Waals surface area (Å²) in [6, 6.07) is 14.6. The maximum atomic E-state index is 12.7. The van der Waals surface area contributed by atoms with Crippen LogP contribution in [0.15, 0.2) is 59.4 Å². The Morgan fingerprint density at radius 1 is 0.933 bits per heavy atom. The number of rotatable bonds is 7. The van der Waals surface area contributed by atoms with Crippen molar-refractivity contribution in [2.24, 2.45) is 0 Å². The summed E-state index contributed by atoms with van der Waals surface area (Å²) >= 11 is 0.